The van der Waals surface area contributed by atoms with Gasteiger partial charge in [0.05, 0.1) is 13.2 Å². The van der Waals surface area contributed by atoms with Gasteiger partial charge in [-0.05, 0) is 47.2 Å². The van der Waals surface area contributed by atoms with E-state index in [0.717, 1.165) is 29.2 Å². The fraction of sp³-hybridized carbons (Fsp3) is 0.250. The number of hydrogen-bond donors (Lipinski definition) is 2. The minimum Gasteiger partial charge on any atom is -0.497 e. The number of nitrogens with zero attached hydrogens (tertiary/aromatic N) is 1. The van der Waals surface area contributed by atoms with Gasteiger partial charge in [0.25, 0.3) is 0 Å². The Kier molecular flexibility index (Phi) is 6.52. The van der Waals surface area contributed by atoms with E-state index in [1.54, 1.807) is 18.4 Å². The Balaban J connectivity index is 1.37. The Hall–Kier alpha value is -3.32. The van der Waals surface area contributed by atoms with Crippen molar-refractivity contribution in [1.29, 1.82) is 0 Å². The largest absolute Gasteiger partial charge is 0.497 e. The van der Waals surface area contributed by atoms with Crippen LogP contribution in [0, 0.1) is 0 Å². The Morgan fingerprint density at radius 2 is 1.81 bits per heavy atom. The van der Waals surface area contributed by atoms with Gasteiger partial charge >= 0.3 is 11.8 Å². The third kappa shape index (κ3) is 4.88. The number of ether oxygens (including phenoxy) is 1. The maximum atomic E-state index is 12.4. The summed E-state index contributed by atoms with van der Waals surface area (Å²) in [5, 5.41) is 7.54. The van der Waals surface area contributed by atoms with E-state index < -0.39 is 11.8 Å². The molecule has 0 aliphatic carbocycles. The van der Waals surface area contributed by atoms with Crippen LogP contribution in [0.4, 0.5) is 5.69 Å². The lowest BCUT2D eigenvalue weighted by molar-refractivity contribution is -0.139. The fourth-order valence-corrected chi connectivity index (χ4v) is 4.65. The summed E-state index contributed by atoms with van der Waals surface area (Å²) in [6.07, 6.45) is 0.980. The first-order valence-corrected chi connectivity index (χ1v) is 11.1. The lowest BCUT2D eigenvalue weighted by Crippen LogP contribution is -2.43. The van der Waals surface area contributed by atoms with Crippen LogP contribution in [-0.2, 0) is 22.6 Å². The van der Waals surface area contributed by atoms with Gasteiger partial charge in [0.2, 0.25) is 0 Å². The number of nitrogens with one attached hydrogen (secondary N) is 2. The molecule has 3 aromatic rings. The molecule has 4 rings (SSSR count). The van der Waals surface area contributed by atoms with Gasteiger partial charge < -0.3 is 20.3 Å². The third-order valence-corrected chi connectivity index (χ3v) is 6.42. The first kappa shape index (κ1) is 20.9. The molecule has 2 N–H and O–H groups in total. The van der Waals surface area contributed by atoms with Crippen molar-refractivity contribution in [1.82, 2.24) is 10.6 Å². The number of methoxy groups -OCH3 is 1. The molecule has 31 heavy (non-hydrogen) atoms. The Morgan fingerprint density at radius 3 is 2.55 bits per heavy atom. The second kappa shape index (κ2) is 9.66. The lowest BCUT2D eigenvalue weighted by atomic mass is 10.1. The van der Waals surface area contributed by atoms with Crippen LogP contribution in [0.2, 0.25) is 0 Å². The molecule has 7 heteroatoms. The number of hydrogen-bond acceptors (Lipinski definition) is 5. The van der Waals surface area contributed by atoms with Gasteiger partial charge in [-0.15, -0.1) is 11.3 Å². The SMILES string of the molecule is COc1ccc(CNC(=O)C(=O)NCC(c2cccs2)N2CCc3ccccc32)cc1. The van der Waals surface area contributed by atoms with Crippen LogP contribution in [0.1, 0.15) is 22.0 Å². The Bertz CT molecular complexity index is 1030. The smallest absolute Gasteiger partial charge is 0.309 e. The van der Waals surface area contributed by atoms with Crippen LogP contribution in [-0.4, -0.2) is 32.0 Å². The van der Waals surface area contributed by atoms with E-state index in [1.807, 2.05) is 41.8 Å². The maximum Gasteiger partial charge on any atom is 0.309 e. The van der Waals surface area contributed by atoms with Crippen LogP contribution >= 0.6 is 11.3 Å². The molecule has 2 heterocycles. The highest BCUT2D eigenvalue weighted by Crippen LogP contribution is 2.36. The lowest BCUT2D eigenvalue weighted by Gasteiger charge is -2.30. The quantitative estimate of drug-likeness (QED) is 0.559. The average molecular weight is 436 g/mol. The average Bonchev–Trinajstić information content (AvgIpc) is 3.49. The van der Waals surface area contributed by atoms with Gasteiger partial charge in [0.15, 0.2) is 0 Å². The first-order valence-electron chi connectivity index (χ1n) is 10.2. The summed E-state index contributed by atoms with van der Waals surface area (Å²) in [6.45, 7) is 1.54. The van der Waals surface area contributed by atoms with E-state index in [4.69, 9.17) is 4.74 Å². The van der Waals surface area contributed by atoms with Gasteiger partial charge in [-0.1, -0.05) is 36.4 Å². The minimum atomic E-state index is -0.637. The molecule has 0 saturated heterocycles. The molecule has 0 radical (unpaired) electrons. The topological polar surface area (TPSA) is 70.7 Å². The number of fused-ring (bicyclic) bond motifs is 1. The van der Waals surface area contributed by atoms with Crippen LogP contribution in [0.15, 0.2) is 66.0 Å². The normalized spacial score (nSPS) is 13.4. The molecule has 6 nitrogen and oxygen atoms in total. The summed E-state index contributed by atoms with van der Waals surface area (Å²) in [5.74, 6) is -0.513. The van der Waals surface area contributed by atoms with E-state index in [-0.39, 0.29) is 12.6 Å². The number of para-hydroxylation sites is 1. The standard InChI is InChI=1S/C24H25N3O3S/c1-30-19-10-8-17(9-11-19)15-25-23(28)24(29)26-16-21(22-7-4-14-31-22)27-13-12-18-5-2-3-6-20(18)27/h2-11,14,21H,12-13,15-16H2,1H3,(H,25,28)(H,26,29). The van der Waals surface area contributed by atoms with Gasteiger partial charge in [-0.3, -0.25) is 9.59 Å². The van der Waals surface area contributed by atoms with Crippen molar-refractivity contribution in [3.63, 3.8) is 0 Å². The van der Waals surface area contributed by atoms with Crippen molar-refractivity contribution in [2.24, 2.45) is 0 Å². The summed E-state index contributed by atoms with van der Waals surface area (Å²) in [6, 6.07) is 19.8. The maximum absolute atomic E-state index is 12.4. The van der Waals surface area contributed by atoms with Crippen molar-refractivity contribution < 1.29 is 14.3 Å². The number of benzene rings is 2. The molecule has 0 fully saturated rings. The summed E-state index contributed by atoms with van der Waals surface area (Å²) in [5.41, 5.74) is 3.40. The van der Waals surface area contributed by atoms with Crippen LogP contribution in [0.25, 0.3) is 0 Å². The van der Waals surface area contributed by atoms with Crippen molar-refractivity contribution >= 4 is 28.8 Å². The molecule has 0 bridgehead atoms. The molecule has 1 aromatic heterocycles. The number of carbonyl (C=O) groups excluding carboxylic acids is 2. The van der Waals surface area contributed by atoms with E-state index in [1.165, 1.54) is 11.3 Å². The molecule has 0 saturated carbocycles. The molecular weight excluding hydrogens is 410 g/mol. The minimum absolute atomic E-state index is 0.0120. The van der Waals surface area contributed by atoms with E-state index >= 15 is 0 Å². The van der Waals surface area contributed by atoms with Crippen LogP contribution in [0.5, 0.6) is 5.75 Å². The zero-order valence-corrected chi connectivity index (χ0v) is 18.2. The van der Waals surface area contributed by atoms with Gasteiger partial charge in [0, 0.05) is 30.2 Å². The molecule has 1 aliphatic heterocycles. The van der Waals surface area contributed by atoms with E-state index in [2.05, 4.69) is 39.8 Å². The number of rotatable bonds is 7. The number of anilines is 1. The molecule has 2 amide bonds. The summed E-state index contributed by atoms with van der Waals surface area (Å²) in [4.78, 5) is 28.2. The summed E-state index contributed by atoms with van der Waals surface area (Å²) in [7, 11) is 1.60. The third-order valence-electron chi connectivity index (χ3n) is 5.45. The Labute approximate surface area is 185 Å². The predicted molar refractivity (Wildman–Crippen MR) is 122 cm³/mol. The van der Waals surface area contributed by atoms with Crippen molar-refractivity contribution in [2.45, 2.75) is 19.0 Å². The van der Waals surface area contributed by atoms with Gasteiger partial charge in [-0.25, -0.2) is 0 Å². The molecular formula is C24H25N3O3S. The van der Waals surface area contributed by atoms with Crippen molar-refractivity contribution in [3.8, 4) is 5.75 Å². The van der Waals surface area contributed by atoms with Crippen molar-refractivity contribution in [2.75, 3.05) is 25.1 Å². The predicted octanol–water partition coefficient (Wildman–Crippen LogP) is 3.29. The summed E-state index contributed by atoms with van der Waals surface area (Å²) >= 11 is 1.66. The molecule has 2 aromatic carbocycles. The monoisotopic (exact) mass is 435 g/mol. The fourth-order valence-electron chi connectivity index (χ4n) is 3.81. The molecule has 1 atom stereocenters. The number of amides is 2. The van der Waals surface area contributed by atoms with Crippen LogP contribution in [0.3, 0.4) is 0 Å². The van der Waals surface area contributed by atoms with E-state index in [0.29, 0.717) is 6.54 Å². The first-order chi connectivity index (χ1) is 15.2. The highest BCUT2D eigenvalue weighted by Gasteiger charge is 2.28. The second-order valence-electron chi connectivity index (χ2n) is 7.34. The molecule has 1 aliphatic rings. The number of thiophene rings is 1. The zero-order chi connectivity index (χ0) is 21.6. The highest BCUT2D eigenvalue weighted by atomic mass is 32.1. The zero-order valence-electron chi connectivity index (χ0n) is 17.3. The number of carbonyl (C=O) groups is 2. The second-order valence-corrected chi connectivity index (χ2v) is 8.32. The molecule has 160 valence electrons. The van der Waals surface area contributed by atoms with Gasteiger partial charge in [0.1, 0.15) is 5.75 Å². The summed E-state index contributed by atoms with van der Waals surface area (Å²) < 4.78 is 5.13. The highest BCUT2D eigenvalue weighted by molar-refractivity contribution is 7.10. The molecule has 0 spiro atoms. The van der Waals surface area contributed by atoms with Gasteiger partial charge in [-0.2, -0.15) is 0 Å². The molecule has 1 unspecified atom stereocenters. The van der Waals surface area contributed by atoms with E-state index in [9.17, 15) is 9.59 Å². The van der Waals surface area contributed by atoms with Crippen molar-refractivity contribution in [3.05, 3.63) is 82.0 Å². The Morgan fingerprint density at radius 1 is 1.03 bits per heavy atom. The van der Waals surface area contributed by atoms with Crippen LogP contribution < -0.4 is 20.3 Å².